The Morgan fingerprint density at radius 1 is 0.857 bits per heavy atom. The van der Waals surface area contributed by atoms with E-state index in [1.807, 2.05) is 0 Å². The van der Waals surface area contributed by atoms with Gasteiger partial charge < -0.3 is 14.2 Å². The number of halogens is 7. The summed E-state index contributed by atoms with van der Waals surface area (Å²) in [5.74, 6) is -17.4. The first-order valence-corrected chi connectivity index (χ1v) is 8.25. The highest BCUT2D eigenvalue weighted by Crippen LogP contribution is 2.41. The molecule has 0 spiro atoms. The first-order valence-electron chi connectivity index (χ1n) is 8.25. The molecule has 0 aliphatic rings. The number of rotatable bonds is 10. The maximum atomic E-state index is 13.6. The van der Waals surface area contributed by atoms with Gasteiger partial charge in [-0.05, 0) is 27.2 Å². The van der Waals surface area contributed by atoms with Crippen LogP contribution in [0.1, 0.15) is 47.5 Å². The standard InChI is InChI=1S/C16H23F7O5/c1-6-12(3,4)10(24)28-15(16(21,22)23,11(25)26-7-2)27-9-8-14(19,20)13(5,17)18/h6-9H2,1-5H3. The Morgan fingerprint density at radius 3 is 1.71 bits per heavy atom. The largest absolute Gasteiger partial charge is 0.468 e. The molecule has 0 radical (unpaired) electrons. The van der Waals surface area contributed by atoms with Crippen LogP contribution < -0.4 is 0 Å². The van der Waals surface area contributed by atoms with Crippen molar-refractivity contribution in [3.63, 3.8) is 0 Å². The van der Waals surface area contributed by atoms with Crippen LogP contribution in [-0.2, 0) is 23.8 Å². The van der Waals surface area contributed by atoms with Crippen molar-refractivity contribution in [1.82, 2.24) is 0 Å². The molecule has 0 amide bonds. The third-order valence-corrected chi connectivity index (χ3v) is 3.95. The number of carbonyl (C=O) groups excluding carboxylic acids is 2. The second kappa shape index (κ2) is 8.83. The summed E-state index contributed by atoms with van der Waals surface area (Å²) in [7, 11) is 0. The van der Waals surface area contributed by atoms with Crippen molar-refractivity contribution in [3.8, 4) is 0 Å². The van der Waals surface area contributed by atoms with E-state index in [9.17, 15) is 40.3 Å². The first-order chi connectivity index (χ1) is 12.4. The van der Waals surface area contributed by atoms with E-state index in [0.29, 0.717) is 0 Å². The highest BCUT2D eigenvalue weighted by molar-refractivity contribution is 5.84. The third-order valence-electron chi connectivity index (χ3n) is 3.95. The molecule has 0 heterocycles. The Balaban J connectivity index is 5.89. The number of ether oxygens (including phenoxy) is 3. The summed E-state index contributed by atoms with van der Waals surface area (Å²) in [6.45, 7) is 2.64. The predicted molar refractivity (Wildman–Crippen MR) is 81.7 cm³/mol. The Bertz CT molecular complexity index is 555. The van der Waals surface area contributed by atoms with E-state index in [-0.39, 0.29) is 13.3 Å². The number of esters is 2. The molecule has 0 N–H and O–H groups in total. The quantitative estimate of drug-likeness (QED) is 0.292. The van der Waals surface area contributed by atoms with Gasteiger partial charge in [0.25, 0.3) is 0 Å². The Hall–Kier alpha value is -1.59. The van der Waals surface area contributed by atoms with Crippen LogP contribution in [0.2, 0.25) is 0 Å². The molecular formula is C16H23F7O5. The summed E-state index contributed by atoms with van der Waals surface area (Å²) in [6.07, 6.45) is -7.60. The van der Waals surface area contributed by atoms with Gasteiger partial charge in [-0.3, -0.25) is 4.79 Å². The van der Waals surface area contributed by atoms with Crippen molar-refractivity contribution in [2.75, 3.05) is 13.2 Å². The first kappa shape index (κ1) is 26.4. The molecule has 0 aliphatic heterocycles. The fourth-order valence-corrected chi connectivity index (χ4v) is 1.57. The topological polar surface area (TPSA) is 61.8 Å². The van der Waals surface area contributed by atoms with Crippen LogP contribution in [0.15, 0.2) is 0 Å². The molecule has 28 heavy (non-hydrogen) atoms. The van der Waals surface area contributed by atoms with E-state index >= 15 is 0 Å². The Kier molecular flexibility index (Phi) is 8.33. The zero-order chi connectivity index (χ0) is 22.6. The van der Waals surface area contributed by atoms with Gasteiger partial charge in [0.05, 0.1) is 18.6 Å². The van der Waals surface area contributed by atoms with E-state index in [1.54, 1.807) is 0 Å². The SMILES string of the molecule is CCOC(=O)C(OCCC(F)(F)C(C)(F)F)(OC(=O)C(C)(C)CC)C(F)(F)F. The average molecular weight is 428 g/mol. The lowest BCUT2D eigenvalue weighted by atomic mass is 9.90. The highest BCUT2D eigenvalue weighted by atomic mass is 19.4. The molecule has 1 unspecified atom stereocenters. The van der Waals surface area contributed by atoms with Gasteiger partial charge in [-0.25, -0.2) is 13.6 Å². The van der Waals surface area contributed by atoms with Crippen molar-refractivity contribution in [1.29, 1.82) is 0 Å². The van der Waals surface area contributed by atoms with Gasteiger partial charge in [0, 0.05) is 13.3 Å². The molecule has 0 fully saturated rings. The van der Waals surface area contributed by atoms with Gasteiger partial charge in [-0.15, -0.1) is 0 Å². The molecule has 0 bridgehead atoms. The average Bonchev–Trinajstić information content (AvgIpc) is 2.51. The Labute approximate surface area is 157 Å². The van der Waals surface area contributed by atoms with Gasteiger partial charge in [0.2, 0.25) is 0 Å². The minimum Gasteiger partial charge on any atom is -0.461 e. The van der Waals surface area contributed by atoms with Gasteiger partial charge >= 0.3 is 35.7 Å². The smallest absolute Gasteiger partial charge is 0.461 e. The molecule has 0 saturated heterocycles. The van der Waals surface area contributed by atoms with Crippen LogP contribution in [0.3, 0.4) is 0 Å². The summed E-state index contributed by atoms with van der Waals surface area (Å²) in [5, 5.41) is 0. The number of hydrogen-bond donors (Lipinski definition) is 0. The van der Waals surface area contributed by atoms with Crippen LogP contribution in [0, 0.1) is 5.41 Å². The van der Waals surface area contributed by atoms with Gasteiger partial charge in [-0.1, -0.05) is 6.92 Å². The minimum atomic E-state index is -5.73. The van der Waals surface area contributed by atoms with Crippen molar-refractivity contribution in [2.24, 2.45) is 5.41 Å². The van der Waals surface area contributed by atoms with Gasteiger partial charge in [-0.2, -0.15) is 22.0 Å². The van der Waals surface area contributed by atoms with E-state index in [2.05, 4.69) is 14.2 Å². The molecule has 5 nitrogen and oxygen atoms in total. The molecule has 166 valence electrons. The molecule has 1 atom stereocenters. The molecule has 0 aromatic rings. The van der Waals surface area contributed by atoms with Crippen LogP contribution in [0.5, 0.6) is 0 Å². The van der Waals surface area contributed by atoms with Gasteiger partial charge in [0.15, 0.2) is 0 Å². The Morgan fingerprint density at radius 2 is 1.36 bits per heavy atom. The second-order valence-corrected chi connectivity index (χ2v) is 6.65. The fraction of sp³-hybridized carbons (Fsp3) is 0.875. The molecule has 0 saturated carbocycles. The number of hydrogen-bond acceptors (Lipinski definition) is 5. The van der Waals surface area contributed by atoms with E-state index < -0.39 is 60.8 Å². The van der Waals surface area contributed by atoms with Crippen LogP contribution in [0.25, 0.3) is 0 Å². The predicted octanol–water partition coefficient (Wildman–Crippen LogP) is 4.48. The second-order valence-electron chi connectivity index (χ2n) is 6.65. The summed E-state index contributed by atoms with van der Waals surface area (Å²) >= 11 is 0. The maximum absolute atomic E-state index is 13.6. The van der Waals surface area contributed by atoms with Crippen molar-refractivity contribution < 1.29 is 54.5 Å². The fourth-order valence-electron chi connectivity index (χ4n) is 1.57. The lowest BCUT2D eigenvalue weighted by molar-refractivity contribution is -0.360. The normalized spacial score (nSPS) is 15.7. The summed E-state index contributed by atoms with van der Waals surface area (Å²) in [5.41, 5.74) is -1.49. The number of carbonyl (C=O) groups is 2. The van der Waals surface area contributed by atoms with Crippen LogP contribution >= 0.6 is 0 Å². The molecule has 0 rings (SSSR count). The number of alkyl halides is 7. The molecule has 0 aromatic heterocycles. The lowest BCUT2D eigenvalue weighted by Crippen LogP contribution is -2.59. The van der Waals surface area contributed by atoms with E-state index in [0.717, 1.165) is 6.92 Å². The van der Waals surface area contributed by atoms with E-state index in [4.69, 9.17) is 0 Å². The third kappa shape index (κ3) is 5.95. The molecule has 0 aliphatic carbocycles. The minimum absolute atomic E-state index is 0.00270. The van der Waals surface area contributed by atoms with Crippen molar-refractivity contribution >= 4 is 11.9 Å². The van der Waals surface area contributed by atoms with E-state index in [1.165, 1.54) is 20.8 Å². The zero-order valence-electron chi connectivity index (χ0n) is 16.0. The highest BCUT2D eigenvalue weighted by Gasteiger charge is 2.68. The summed E-state index contributed by atoms with van der Waals surface area (Å²) in [4.78, 5) is 24.0. The summed E-state index contributed by atoms with van der Waals surface area (Å²) < 4.78 is 106. The van der Waals surface area contributed by atoms with Gasteiger partial charge in [0.1, 0.15) is 0 Å². The summed E-state index contributed by atoms with van der Waals surface area (Å²) in [6, 6.07) is 0. The monoisotopic (exact) mass is 428 g/mol. The lowest BCUT2D eigenvalue weighted by Gasteiger charge is -2.35. The maximum Gasteiger partial charge on any atom is 0.468 e. The van der Waals surface area contributed by atoms with Crippen LogP contribution in [0.4, 0.5) is 30.7 Å². The zero-order valence-corrected chi connectivity index (χ0v) is 16.0. The molecular weight excluding hydrogens is 405 g/mol. The molecule has 12 heteroatoms. The van der Waals surface area contributed by atoms with Crippen molar-refractivity contribution in [3.05, 3.63) is 0 Å². The molecule has 0 aromatic carbocycles. The van der Waals surface area contributed by atoms with Crippen molar-refractivity contribution in [2.45, 2.75) is 71.3 Å². The van der Waals surface area contributed by atoms with Crippen LogP contribution in [-0.4, -0.2) is 49.0 Å².